The lowest BCUT2D eigenvalue weighted by Gasteiger charge is -2.19. The van der Waals surface area contributed by atoms with Crippen molar-refractivity contribution < 1.29 is 4.79 Å². The molecule has 1 aromatic carbocycles. The predicted molar refractivity (Wildman–Crippen MR) is 92.9 cm³/mol. The second-order valence-corrected chi connectivity index (χ2v) is 6.71. The van der Waals surface area contributed by atoms with E-state index in [1.54, 1.807) is 10.9 Å². The first-order chi connectivity index (χ1) is 11.0. The largest absolute Gasteiger partial charge is 0.322 e. The third kappa shape index (κ3) is 2.90. The Kier molecular flexibility index (Phi) is 4.24. The maximum Gasteiger partial charge on any atom is 0.259 e. The van der Waals surface area contributed by atoms with Crippen LogP contribution in [0.1, 0.15) is 59.8 Å². The highest BCUT2D eigenvalue weighted by Crippen LogP contribution is 2.44. The average molecular weight is 311 g/mol. The number of fused-ring (bicyclic) bond motifs is 1. The van der Waals surface area contributed by atoms with Crippen LogP contribution >= 0.6 is 0 Å². The summed E-state index contributed by atoms with van der Waals surface area (Å²) in [5.41, 5.74) is 5.10. The summed E-state index contributed by atoms with van der Waals surface area (Å²) in [7, 11) is 1.84. The predicted octanol–water partition coefficient (Wildman–Crippen LogP) is 4.06. The van der Waals surface area contributed by atoms with Gasteiger partial charge < -0.3 is 5.32 Å². The number of aromatic nitrogens is 2. The van der Waals surface area contributed by atoms with Gasteiger partial charge in [-0.2, -0.15) is 5.10 Å². The molecule has 0 spiro atoms. The molecule has 2 unspecified atom stereocenters. The Labute approximate surface area is 137 Å². The Morgan fingerprint density at radius 2 is 2.22 bits per heavy atom. The molecule has 1 aromatic heterocycles. The first-order valence-corrected chi connectivity index (χ1v) is 8.44. The summed E-state index contributed by atoms with van der Waals surface area (Å²) in [4.78, 5) is 12.6. The van der Waals surface area contributed by atoms with Crippen molar-refractivity contribution >= 4 is 11.6 Å². The maximum atomic E-state index is 12.6. The number of hydrogen-bond acceptors (Lipinski definition) is 2. The molecule has 1 heterocycles. The van der Waals surface area contributed by atoms with Gasteiger partial charge >= 0.3 is 0 Å². The number of hydrogen-bond donors (Lipinski definition) is 1. The Hall–Kier alpha value is -2.10. The topological polar surface area (TPSA) is 46.9 Å². The Bertz CT molecular complexity index is 732. The van der Waals surface area contributed by atoms with Gasteiger partial charge in [-0.15, -0.1) is 0 Å². The average Bonchev–Trinajstić information content (AvgIpc) is 3.00. The molecular formula is C19H25N3O. The molecule has 122 valence electrons. The van der Waals surface area contributed by atoms with Crippen LogP contribution in [0.5, 0.6) is 0 Å². The van der Waals surface area contributed by atoms with Crippen molar-refractivity contribution in [2.45, 2.75) is 46.0 Å². The molecule has 2 aromatic rings. The van der Waals surface area contributed by atoms with E-state index in [4.69, 9.17) is 0 Å². The molecule has 0 saturated heterocycles. The van der Waals surface area contributed by atoms with Gasteiger partial charge in [0, 0.05) is 18.9 Å². The van der Waals surface area contributed by atoms with Crippen molar-refractivity contribution in [1.29, 1.82) is 0 Å². The van der Waals surface area contributed by atoms with Crippen LogP contribution in [0, 0.1) is 12.8 Å². The number of nitrogens with zero attached hydrogens (tertiary/aromatic N) is 2. The van der Waals surface area contributed by atoms with Gasteiger partial charge in [-0.3, -0.25) is 9.48 Å². The summed E-state index contributed by atoms with van der Waals surface area (Å²) in [6, 6.07) is 6.28. The highest BCUT2D eigenvalue weighted by molar-refractivity contribution is 6.05. The number of nitrogens with one attached hydrogen (secondary N) is 1. The summed E-state index contributed by atoms with van der Waals surface area (Å²) < 4.78 is 1.68. The van der Waals surface area contributed by atoms with Gasteiger partial charge in [0.25, 0.3) is 5.91 Å². The van der Waals surface area contributed by atoms with Crippen molar-refractivity contribution in [2.75, 3.05) is 5.32 Å². The minimum atomic E-state index is -0.0706. The molecule has 0 saturated carbocycles. The summed E-state index contributed by atoms with van der Waals surface area (Å²) >= 11 is 0. The third-order valence-electron chi connectivity index (χ3n) is 4.90. The van der Waals surface area contributed by atoms with E-state index in [9.17, 15) is 4.79 Å². The molecule has 1 aliphatic rings. The van der Waals surface area contributed by atoms with E-state index in [1.807, 2.05) is 26.1 Å². The lowest BCUT2D eigenvalue weighted by atomic mass is 9.89. The van der Waals surface area contributed by atoms with Crippen molar-refractivity contribution in [2.24, 2.45) is 13.0 Å². The van der Waals surface area contributed by atoms with Gasteiger partial charge in [0.15, 0.2) is 0 Å². The van der Waals surface area contributed by atoms with Gasteiger partial charge in [-0.05, 0) is 48.8 Å². The van der Waals surface area contributed by atoms with Gasteiger partial charge in [0.2, 0.25) is 0 Å². The van der Waals surface area contributed by atoms with Crippen molar-refractivity contribution in [3.63, 3.8) is 0 Å². The smallest absolute Gasteiger partial charge is 0.259 e. The van der Waals surface area contributed by atoms with Crippen LogP contribution in [0.2, 0.25) is 0 Å². The van der Waals surface area contributed by atoms with Crippen molar-refractivity contribution in [3.05, 3.63) is 46.8 Å². The molecule has 0 radical (unpaired) electrons. The molecule has 1 amide bonds. The Balaban J connectivity index is 1.92. The first-order valence-electron chi connectivity index (χ1n) is 8.44. The SMILES string of the molecule is CCCC1c2c(cccc2NC(=O)c2cn(C)nc2C)CC1C. The molecule has 2 atom stereocenters. The summed E-state index contributed by atoms with van der Waals surface area (Å²) in [5.74, 6) is 1.11. The zero-order valence-electron chi connectivity index (χ0n) is 14.4. The van der Waals surface area contributed by atoms with Crippen LogP contribution in [0.4, 0.5) is 5.69 Å². The number of benzene rings is 1. The fraction of sp³-hybridized carbons (Fsp3) is 0.474. The van der Waals surface area contributed by atoms with E-state index in [0.717, 1.165) is 17.8 Å². The van der Waals surface area contributed by atoms with Crippen molar-refractivity contribution in [3.8, 4) is 0 Å². The van der Waals surface area contributed by atoms with E-state index < -0.39 is 0 Å². The number of carbonyl (C=O) groups is 1. The summed E-state index contributed by atoms with van der Waals surface area (Å²) in [6.45, 7) is 6.41. The zero-order valence-corrected chi connectivity index (χ0v) is 14.4. The fourth-order valence-electron chi connectivity index (χ4n) is 3.86. The Morgan fingerprint density at radius 1 is 1.43 bits per heavy atom. The molecule has 4 nitrogen and oxygen atoms in total. The van der Waals surface area contributed by atoms with E-state index >= 15 is 0 Å². The van der Waals surface area contributed by atoms with Crippen LogP contribution in [0.15, 0.2) is 24.4 Å². The van der Waals surface area contributed by atoms with E-state index in [0.29, 0.717) is 17.4 Å². The van der Waals surface area contributed by atoms with Crippen LogP contribution < -0.4 is 5.32 Å². The second-order valence-electron chi connectivity index (χ2n) is 6.71. The standard InChI is InChI=1S/C19H25N3O/c1-5-7-15-12(2)10-14-8-6-9-17(18(14)15)20-19(23)16-11-22(4)21-13(16)3/h6,8-9,11-12,15H,5,7,10H2,1-4H3,(H,20,23). The molecule has 3 rings (SSSR count). The van der Waals surface area contributed by atoms with Gasteiger partial charge in [-0.1, -0.05) is 32.4 Å². The van der Waals surface area contributed by atoms with Crippen molar-refractivity contribution in [1.82, 2.24) is 9.78 Å². The monoisotopic (exact) mass is 311 g/mol. The number of anilines is 1. The molecule has 1 N–H and O–H groups in total. The number of aryl methyl sites for hydroxylation is 2. The van der Waals surface area contributed by atoms with Gasteiger partial charge in [0.05, 0.1) is 11.3 Å². The second kappa shape index (κ2) is 6.19. The third-order valence-corrected chi connectivity index (χ3v) is 4.90. The number of rotatable bonds is 4. The van der Waals surface area contributed by atoms with Crippen LogP contribution in [0.3, 0.4) is 0 Å². The molecule has 0 bridgehead atoms. The molecule has 0 fully saturated rings. The van der Waals surface area contributed by atoms with E-state index in [1.165, 1.54) is 24.0 Å². The Morgan fingerprint density at radius 3 is 2.87 bits per heavy atom. The minimum absolute atomic E-state index is 0.0706. The van der Waals surface area contributed by atoms with Crippen LogP contribution in [-0.2, 0) is 13.5 Å². The lowest BCUT2D eigenvalue weighted by molar-refractivity contribution is 0.102. The molecule has 0 aliphatic heterocycles. The minimum Gasteiger partial charge on any atom is -0.322 e. The summed E-state index contributed by atoms with van der Waals surface area (Å²) in [5, 5.41) is 7.39. The highest BCUT2D eigenvalue weighted by Gasteiger charge is 2.31. The normalized spacial score (nSPS) is 19.7. The van der Waals surface area contributed by atoms with Gasteiger partial charge in [0.1, 0.15) is 0 Å². The molecule has 23 heavy (non-hydrogen) atoms. The van der Waals surface area contributed by atoms with Crippen LogP contribution in [0.25, 0.3) is 0 Å². The first kappa shape index (κ1) is 15.8. The van der Waals surface area contributed by atoms with E-state index in [2.05, 4.69) is 30.3 Å². The highest BCUT2D eigenvalue weighted by atomic mass is 16.1. The lowest BCUT2D eigenvalue weighted by Crippen LogP contribution is -2.15. The fourth-order valence-corrected chi connectivity index (χ4v) is 3.86. The summed E-state index contributed by atoms with van der Waals surface area (Å²) in [6.07, 6.45) is 5.22. The molecule has 4 heteroatoms. The number of amides is 1. The molecule has 1 aliphatic carbocycles. The quantitative estimate of drug-likeness (QED) is 0.925. The maximum absolute atomic E-state index is 12.6. The molecular weight excluding hydrogens is 286 g/mol. The van der Waals surface area contributed by atoms with Crippen LogP contribution in [-0.4, -0.2) is 15.7 Å². The van der Waals surface area contributed by atoms with E-state index in [-0.39, 0.29) is 5.91 Å². The zero-order chi connectivity index (χ0) is 16.6. The number of carbonyl (C=O) groups excluding carboxylic acids is 1. The van der Waals surface area contributed by atoms with Gasteiger partial charge in [-0.25, -0.2) is 0 Å².